The molecule has 114 valence electrons. The molecule has 1 aliphatic rings. The predicted molar refractivity (Wildman–Crippen MR) is 80.0 cm³/mol. The van der Waals surface area contributed by atoms with Crippen LogP contribution in [0.3, 0.4) is 0 Å². The van der Waals surface area contributed by atoms with Gasteiger partial charge in [0.1, 0.15) is 0 Å². The zero-order chi connectivity index (χ0) is 15.2. The van der Waals surface area contributed by atoms with Crippen molar-refractivity contribution in [2.24, 2.45) is 0 Å². The number of carbonyl (C=O) groups is 2. The Morgan fingerprint density at radius 3 is 2.57 bits per heavy atom. The molecule has 1 N–H and O–H groups in total. The molecule has 1 saturated heterocycles. The van der Waals surface area contributed by atoms with Gasteiger partial charge >= 0.3 is 6.03 Å². The van der Waals surface area contributed by atoms with Gasteiger partial charge in [0.05, 0.1) is 5.56 Å². The highest BCUT2D eigenvalue weighted by molar-refractivity contribution is 5.93. The van der Waals surface area contributed by atoms with Crippen molar-refractivity contribution in [2.45, 2.75) is 26.3 Å². The van der Waals surface area contributed by atoms with Crippen LogP contribution in [0.15, 0.2) is 24.5 Å². The maximum absolute atomic E-state index is 12.4. The van der Waals surface area contributed by atoms with E-state index < -0.39 is 0 Å². The summed E-state index contributed by atoms with van der Waals surface area (Å²) in [5.41, 5.74) is 0.595. The Bertz CT molecular complexity index is 490. The lowest BCUT2D eigenvalue weighted by Crippen LogP contribution is -2.44. The van der Waals surface area contributed by atoms with Gasteiger partial charge in [0, 0.05) is 44.6 Å². The fraction of sp³-hybridized carbons (Fsp3) is 0.533. The number of amides is 3. The lowest BCUT2D eigenvalue weighted by molar-refractivity contribution is 0.0761. The van der Waals surface area contributed by atoms with Gasteiger partial charge in [-0.05, 0) is 32.4 Å². The lowest BCUT2D eigenvalue weighted by Gasteiger charge is -2.23. The van der Waals surface area contributed by atoms with Crippen LogP contribution in [0.5, 0.6) is 0 Å². The minimum Gasteiger partial charge on any atom is -0.337 e. The molecule has 6 heteroatoms. The molecule has 0 atom stereocenters. The van der Waals surface area contributed by atoms with E-state index >= 15 is 0 Å². The summed E-state index contributed by atoms with van der Waals surface area (Å²) in [6.07, 6.45) is 4.02. The minimum atomic E-state index is -0.0549. The number of aromatic nitrogens is 1. The van der Waals surface area contributed by atoms with Gasteiger partial charge < -0.3 is 15.1 Å². The fourth-order valence-corrected chi connectivity index (χ4v) is 2.33. The number of nitrogens with zero attached hydrogens (tertiary/aromatic N) is 3. The van der Waals surface area contributed by atoms with Crippen molar-refractivity contribution in [2.75, 3.05) is 26.2 Å². The number of hydrogen-bond acceptors (Lipinski definition) is 3. The van der Waals surface area contributed by atoms with Crippen LogP contribution < -0.4 is 5.32 Å². The lowest BCUT2D eigenvalue weighted by atomic mass is 10.2. The third-order valence-corrected chi connectivity index (χ3v) is 3.39. The molecule has 0 aromatic carbocycles. The Labute approximate surface area is 125 Å². The second-order valence-corrected chi connectivity index (χ2v) is 5.48. The zero-order valence-corrected chi connectivity index (χ0v) is 12.6. The number of urea groups is 1. The van der Waals surface area contributed by atoms with E-state index in [2.05, 4.69) is 10.3 Å². The highest BCUT2D eigenvalue weighted by atomic mass is 16.2. The summed E-state index contributed by atoms with van der Waals surface area (Å²) < 4.78 is 0. The molecule has 2 rings (SSSR count). The largest absolute Gasteiger partial charge is 0.337 e. The third-order valence-electron chi connectivity index (χ3n) is 3.39. The Morgan fingerprint density at radius 1 is 1.19 bits per heavy atom. The van der Waals surface area contributed by atoms with Gasteiger partial charge in [-0.2, -0.15) is 0 Å². The van der Waals surface area contributed by atoms with Crippen molar-refractivity contribution in [1.82, 2.24) is 20.1 Å². The van der Waals surface area contributed by atoms with Crippen molar-refractivity contribution < 1.29 is 9.59 Å². The molecule has 3 amide bonds. The molecule has 1 aromatic heterocycles. The van der Waals surface area contributed by atoms with E-state index in [0.29, 0.717) is 31.7 Å². The van der Waals surface area contributed by atoms with Gasteiger partial charge in [-0.3, -0.25) is 9.78 Å². The van der Waals surface area contributed by atoms with Crippen LogP contribution in [-0.4, -0.2) is 58.9 Å². The zero-order valence-electron chi connectivity index (χ0n) is 12.6. The van der Waals surface area contributed by atoms with Crippen molar-refractivity contribution in [3.05, 3.63) is 30.1 Å². The molecule has 0 bridgehead atoms. The molecule has 0 aliphatic carbocycles. The normalized spacial score (nSPS) is 15.8. The molecule has 0 saturated carbocycles. The summed E-state index contributed by atoms with van der Waals surface area (Å²) in [5.74, 6) is -0.0192. The summed E-state index contributed by atoms with van der Waals surface area (Å²) in [6, 6.07) is 3.59. The third kappa shape index (κ3) is 4.18. The van der Waals surface area contributed by atoms with Crippen molar-refractivity contribution in [3.63, 3.8) is 0 Å². The summed E-state index contributed by atoms with van der Waals surface area (Å²) in [7, 11) is 0. The fourth-order valence-electron chi connectivity index (χ4n) is 2.33. The van der Waals surface area contributed by atoms with Crippen molar-refractivity contribution in [3.8, 4) is 0 Å². The molecule has 2 heterocycles. The average Bonchev–Trinajstić information content (AvgIpc) is 2.72. The molecular weight excluding hydrogens is 268 g/mol. The average molecular weight is 290 g/mol. The highest BCUT2D eigenvalue weighted by Gasteiger charge is 2.22. The molecule has 21 heavy (non-hydrogen) atoms. The molecule has 1 fully saturated rings. The van der Waals surface area contributed by atoms with Gasteiger partial charge in [0.15, 0.2) is 0 Å². The first-order valence-electron chi connectivity index (χ1n) is 7.32. The molecule has 1 aliphatic heterocycles. The van der Waals surface area contributed by atoms with E-state index in [9.17, 15) is 9.59 Å². The van der Waals surface area contributed by atoms with Crippen LogP contribution in [0.1, 0.15) is 30.6 Å². The van der Waals surface area contributed by atoms with Crippen LogP contribution in [0.25, 0.3) is 0 Å². The summed E-state index contributed by atoms with van der Waals surface area (Å²) in [4.78, 5) is 31.9. The van der Waals surface area contributed by atoms with Gasteiger partial charge in [0.25, 0.3) is 5.91 Å². The van der Waals surface area contributed by atoms with E-state index in [4.69, 9.17) is 0 Å². The van der Waals surface area contributed by atoms with E-state index in [-0.39, 0.29) is 18.0 Å². The predicted octanol–water partition coefficient (Wildman–Crippen LogP) is 1.35. The maximum atomic E-state index is 12.4. The topological polar surface area (TPSA) is 65.5 Å². The van der Waals surface area contributed by atoms with E-state index in [1.165, 1.54) is 0 Å². The quantitative estimate of drug-likeness (QED) is 0.894. The SMILES string of the molecule is CC(C)NC(=O)N1CCCN(C(=O)c2cccnc2)CC1. The highest BCUT2D eigenvalue weighted by Crippen LogP contribution is 2.08. The van der Waals surface area contributed by atoms with Gasteiger partial charge in [-0.1, -0.05) is 0 Å². The minimum absolute atomic E-state index is 0.0192. The van der Waals surface area contributed by atoms with Crippen LogP contribution in [0.2, 0.25) is 0 Å². The number of hydrogen-bond donors (Lipinski definition) is 1. The summed E-state index contributed by atoms with van der Waals surface area (Å²) in [5, 5.41) is 2.89. The second kappa shape index (κ2) is 7.06. The maximum Gasteiger partial charge on any atom is 0.317 e. The first-order valence-corrected chi connectivity index (χ1v) is 7.32. The number of rotatable bonds is 2. The molecule has 0 radical (unpaired) electrons. The van der Waals surface area contributed by atoms with Gasteiger partial charge in [0.2, 0.25) is 0 Å². The Kier molecular flexibility index (Phi) is 5.14. The molecule has 0 spiro atoms. The molecule has 0 unspecified atom stereocenters. The van der Waals surface area contributed by atoms with Crippen LogP contribution in [0, 0.1) is 0 Å². The number of pyridine rings is 1. The van der Waals surface area contributed by atoms with Crippen molar-refractivity contribution in [1.29, 1.82) is 0 Å². The monoisotopic (exact) mass is 290 g/mol. The van der Waals surface area contributed by atoms with Crippen LogP contribution in [-0.2, 0) is 0 Å². The van der Waals surface area contributed by atoms with Crippen molar-refractivity contribution >= 4 is 11.9 Å². The van der Waals surface area contributed by atoms with E-state index in [0.717, 1.165) is 6.42 Å². The first kappa shape index (κ1) is 15.3. The molecular formula is C15H22N4O2. The van der Waals surface area contributed by atoms with E-state index in [1.54, 1.807) is 34.3 Å². The van der Waals surface area contributed by atoms with Crippen LogP contribution in [0.4, 0.5) is 4.79 Å². The second-order valence-electron chi connectivity index (χ2n) is 5.48. The van der Waals surface area contributed by atoms with Gasteiger partial charge in [-0.15, -0.1) is 0 Å². The Morgan fingerprint density at radius 2 is 1.90 bits per heavy atom. The first-order chi connectivity index (χ1) is 10.1. The number of carbonyl (C=O) groups excluding carboxylic acids is 2. The molecule has 6 nitrogen and oxygen atoms in total. The summed E-state index contributed by atoms with van der Waals surface area (Å²) >= 11 is 0. The standard InChI is InChI=1S/C15H22N4O2/c1-12(2)17-15(21)19-8-4-7-18(9-10-19)14(20)13-5-3-6-16-11-13/h3,5-6,11-12H,4,7-10H2,1-2H3,(H,17,21). The Balaban J connectivity index is 1.95. The van der Waals surface area contributed by atoms with Gasteiger partial charge in [-0.25, -0.2) is 4.79 Å². The smallest absolute Gasteiger partial charge is 0.317 e. The number of nitrogens with one attached hydrogen (secondary N) is 1. The molecule has 1 aromatic rings. The van der Waals surface area contributed by atoms with Crippen LogP contribution >= 0.6 is 0 Å². The Hall–Kier alpha value is -2.11. The summed E-state index contributed by atoms with van der Waals surface area (Å²) in [6.45, 7) is 6.33. The van der Waals surface area contributed by atoms with E-state index in [1.807, 2.05) is 13.8 Å².